The Morgan fingerprint density at radius 1 is 1.07 bits per heavy atom. The highest BCUT2D eigenvalue weighted by Gasteiger charge is 2.17. The molecule has 0 radical (unpaired) electrons. The fraction of sp³-hybridized carbons (Fsp3) is 0.250. The molecule has 28 heavy (non-hydrogen) atoms. The number of amidine groups is 1. The molecule has 0 saturated carbocycles. The molecule has 8 nitrogen and oxygen atoms in total. The van der Waals surface area contributed by atoms with Gasteiger partial charge in [-0.3, -0.25) is 15.0 Å². The molecule has 2 amide bonds. The number of nitrogen functional groups attached to an aromatic ring is 1. The summed E-state index contributed by atoms with van der Waals surface area (Å²) in [7, 11) is 0. The molecule has 0 bridgehead atoms. The Bertz CT molecular complexity index is 794. The number of nitrogens with two attached hydrogens (primary N) is 1. The predicted octanol–water partition coefficient (Wildman–Crippen LogP) is 2.18. The molecule has 2 rings (SSSR count). The second-order valence-corrected chi connectivity index (χ2v) is 5.87. The van der Waals surface area contributed by atoms with Crippen molar-refractivity contribution in [3.8, 4) is 0 Å². The first kappa shape index (κ1) is 20.9. The van der Waals surface area contributed by atoms with Gasteiger partial charge < -0.3 is 15.8 Å². The molecule has 0 aliphatic heterocycles. The molecule has 0 spiro atoms. The molecule has 0 fully saturated rings. The van der Waals surface area contributed by atoms with Crippen LogP contribution in [-0.4, -0.2) is 36.1 Å². The molecule has 0 aliphatic carbocycles. The summed E-state index contributed by atoms with van der Waals surface area (Å²) in [6, 6.07) is 15.8. The van der Waals surface area contributed by atoms with E-state index >= 15 is 0 Å². The average molecular weight is 384 g/mol. The van der Waals surface area contributed by atoms with Crippen molar-refractivity contribution in [3.63, 3.8) is 0 Å². The number of carbonyl (C=O) groups excluding carboxylic acids is 2. The van der Waals surface area contributed by atoms with Crippen molar-refractivity contribution < 1.29 is 19.2 Å². The van der Waals surface area contributed by atoms with E-state index in [1.807, 2.05) is 30.3 Å². The van der Waals surface area contributed by atoms with E-state index in [1.165, 1.54) is 0 Å². The first-order valence-corrected chi connectivity index (χ1v) is 8.80. The van der Waals surface area contributed by atoms with Crippen LogP contribution in [0.25, 0.3) is 0 Å². The van der Waals surface area contributed by atoms with Gasteiger partial charge in [0.25, 0.3) is 0 Å². The lowest BCUT2D eigenvalue weighted by Crippen LogP contribution is -2.42. The maximum Gasteiger partial charge on any atom is 0.342 e. The maximum absolute atomic E-state index is 12.5. The van der Waals surface area contributed by atoms with Gasteiger partial charge in [0.2, 0.25) is 0 Å². The molecule has 0 unspecified atom stereocenters. The van der Waals surface area contributed by atoms with E-state index in [2.05, 4.69) is 5.32 Å². The molecule has 0 atom stereocenters. The fourth-order valence-corrected chi connectivity index (χ4v) is 2.31. The largest absolute Gasteiger partial charge is 0.465 e. The van der Waals surface area contributed by atoms with Crippen LogP contribution in [0, 0.1) is 5.41 Å². The molecule has 0 aromatic heterocycles. The Kier molecular flexibility index (Phi) is 7.98. The van der Waals surface area contributed by atoms with Gasteiger partial charge in [0.05, 0.1) is 13.2 Å². The lowest BCUT2D eigenvalue weighted by atomic mass is 10.1. The Morgan fingerprint density at radius 2 is 1.75 bits per heavy atom. The smallest absolute Gasteiger partial charge is 0.342 e. The van der Waals surface area contributed by atoms with Crippen LogP contribution in [0.15, 0.2) is 54.6 Å². The van der Waals surface area contributed by atoms with Crippen molar-refractivity contribution >= 4 is 17.8 Å². The minimum atomic E-state index is -0.556. The number of esters is 1. The van der Waals surface area contributed by atoms with Gasteiger partial charge >= 0.3 is 12.0 Å². The van der Waals surface area contributed by atoms with E-state index in [0.29, 0.717) is 5.56 Å². The van der Waals surface area contributed by atoms with Crippen LogP contribution in [0.1, 0.15) is 23.6 Å². The number of carbonyl (C=O) groups is 2. The summed E-state index contributed by atoms with van der Waals surface area (Å²) in [5, 5.41) is 11.1. The third-order valence-electron chi connectivity index (χ3n) is 3.74. The van der Waals surface area contributed by atoms with Gasteiger partial charge in [-0.2, -0.15) is 5.06 Å². The number of nitrogens with one attached hydrogen (secondary N) is 2. The number of rotatable bonds is 9. The topological polar surface area (TPSA) is 118 Å². The Hall–Kier alpha value is -3.39. The third kappa shape index (κ3) is 6.73. The van der Waals surface area contributed by atoms with E-state index in [4.69, 9.17) is 20.7 Å². The van der Waals surface area contributed by atoms with E-state index in [0.717, 1.165) is 16.2 Å². The van der Waals surface area contributed by atoms with Crippen molar-refractivity contribution in [2.24, 2.45) is 5.73 Å². The summed E-state index contributed by atoms with van der Waals surface area (Å²) in [5.74, 6) is -0.555. The summed E-state index contributed by atoms with van der Waals surface area (Å²) in [6.07, 6.45) is 0. The summed E-state index contributed by atoms with van der Waals surface area (Å²) in [4.78, 5) is 29.6. The highest BCUT2D eigenvalue weighted by Crippen LogP contribution is 2.10. The third-order valence-corrected chi connectivity index (χ3v) is 3.74. The average Bonchev–Trinajstić information content (AvgIpc) is 2.70. The minimum Gasteiger partial charge on any atom is -0.465 e. The number of urea groups is 1. The van der Waals surface area contributed by atoms with Crippen LogP contribution < -0.4 is 11.1 Å². The maximum atomic E-state index is 12.5. The first-order valence-electron chi connectivity index (χ1n) is 8.80. The van der Waals surface area contributed by atoms with Crippen molar-refractivity contribution in [2.45, 2.75) is 20.1 Å². The van der Waals surface area contributed by atoms with Crippen molar-refractivity contribution in [2.75, 3.05) is 13.2 Å². The number of benzene rings is 2. The molecular formula is C20H24N4O4. The highest BCUT2D eigenvalue weighted by molar-refractivity contribution is 5.94. The molecule has 148 valence electrons. The Balaban J connectivity index is 2.04. The Labute approximate surface area is 163 Å². The van der Waals surface area contributed by atoms with Crippen LogP contribution in [-0.2, 0) is 27.5 Å². The lowest BCUT2D eigenvalue weighted by Gasteiger charge is -2.22. The number of hydrogen-bond donors (Lipinski definition) is 3. The second kappa shape index (κ2) is 10.7. The number of ether oxygens (including phenoxy) is 1. The summed E-state index contributed by atoms with van der Waals surface area (Å²) >= 11 is 0. The summed E-state index contributed by atoms with van der Waals surface area (Å²) in [5.41, 5.74) is 7.73. The molecule has 0 saturated heterocycles. The van der Waals surface area contributed by atoms with Crippen LogP contribution in [0.5, 0.6) is 0 Å². The molecular weight excluding hydrogens is 360 g/mol. The minimum absolute atomic E-state index is 0.0316. The van der Waals surface area contributed by atoms with Crippen LogP contribution >= 0.6 is 0 Å². The van der Waals surface area contributed by atoms with Gasteiger partial charge in [0.1, 0.15) is 19.0 Å². The number of amides is 2. The van der Waals surface area contributed by atoms with E-state index in [9.17, 15) is 9.59 Å². The monoisotopic (exact) mass is 384 g/mol. The standard InChI is InChI=1S/C20H24N4O4/c1-2-27-18(25)12-23-20(26)24(28-14-16-6-4-3-5-7-16)13-15-8-10-17(11-9-15)19(21)22/h3-11H,2,12-14H2,1H3,(H3,21,22)(H,23,26). The SMILES string of the molecule is CCOC(=O)CNC(=O)N(Cc1ccc(C(=N)N)cc1)OCc1ccccc1. The van der Waals surface area contributed by atoms with Gasteiger partial charge in [0.15, 0.2) is 0 Å². The molecule has 2 aromatic carbocycles. The van der Waals surface area contributed by atoms with Gasteiger partial charge in [-0.15, -0.1) is 0 Å². The zero-order valence-corrected chi connectivity index (χ0v) is 15.7. The van der Waals surface area contributed by atoms with Gasteiger partial charge in [0, 0.05) is 5.56 Å². The predicted molar refractivity (Wildman–Crippen MR) is 104 cm³/mol. The Morgan fingerprint density at radius 3 is 2.36 bits per heavy atom. The van der Waals surface area contributed by atoms with E-state index in [1.54, 1.807) is 31.2 Å². The lowest BCUT2D eigenvalue weighted by molar-refractivity contribution is -0.144. The van der Waals surface area contributed by atoms with Crippen LogP contribution in [0.2, 0.25) is 0 Å². The number of hydrogen-bond acceptors (Lipinski definition) is 5. The van der Waals surface area contributed by atoms with E-state index in [-0.39, 0.29) is 32.1 Å². The van der Waals surface area contributed by atoms with Crippen LogP contribution in [0.4, 0.5) is 4.79 Å². The van der Waals surface area contributed by atoms with Crippen molar-refractivity contribution in [1.29, 1.82) is 5.41 Å². The zero-order valence-electron chi connectivity index (χ0n) is 15.7. The molecule has 2 aromatic rings. The van der Waals surface area contributed by atoms with Gasteiger partial charge in [-0.1, -0.05) is 54.6 Å². The summed E-state index contributed by atoms with van der Waals surface area (Å²) < 4.78 is 4.81. The highest BCUT2D eigenvalue weighted by atomic mass is 16.7. The molecule has 0 aliphatic rings. The fourth-order valence-electron chi connectivity index (χ4n) is 2.31. The van der Waals surface area contributed by atoms with Crippen molar-refractivity contribution in [3.05, 3.63) is 71.3 Å². The van der Waals surface area contributed by atoms with Gasteiger partial charge in [-0.25, -0.2) is 4.79 Å². The molecule has 0 heterocycles. The molecule has 4 N–H and O–H groups in total. The summed E-state index contributed by atoms with van der Waals surface area (Å²) in [6.45, 7) is 2.03. The second-order valence-electron chi connectivity index (χ2n) is 5.87. The van der Waals surface area contributed by atoms with Crippen molar-refractivity contribution in [1.82, 2.24) is 10.4 Å². The normalized spacial score (nSPS) is 10.2. The zero-order chi connectivity index (χ0) is 20.4. The molecule has 8 heteroatoms. The first-order chi connectivity index (χ1) is 13.5. The quantitative estimate of drug-likeness (QED) is 0.265. The van der Waals surface area contributed by atoms with Gasteiger partial charge in [-0.05, 0) is 18.1 Å². The van der Waals surface area contributed by atoms with Crippen LogP contribution in [0.3, 0.4) is 0 Å². The number of hydroxylamine groups is 2. The number of nitrogens with zero attached hydrogens (tertiary/aromatic N) is 1. The van der Waals surface area contributed by atoms with E-state index < -0.39 is 12.0 Å².